The highest BCUT2D eigenvalue weighted by Crippen LogP contribution is 2.16. The topological polar surface area (TPSA) is 118 Å². The number of carbonyl (C=O) groups excluding carboxylic acids is 1. The van der Waals surface area contributed by atoms with Crippen molar-refractivity contribution in [3.05, 3.63) is 48.3 Å². The molecule has 0 bridgehead atoms. The molecule has 0 radical (unpaired) electrons. The molecule has 1 unspecified atom stereocenters. The third-order valence-electron chi connectivity index (χ3n) is 4.49. The van der Waals surface area contributed by atoms with E-state index in [9.17, 15) is 14.7 Å². The van der Waals surface area contributed by atoms with Crippen LogP contribution in [0.25, 0.3) is 11.4 Å². The zero-order chi connectivity index (χ0) is 20.4. The minimum atomic E-state index is -1.87. The highest BCUT2D eigenvalue weighted by Gasteiger charge is 2.35. The van der Waals surface area contributed by atoms with Crippen molar-refractivity contribution in [3.63, 3.8) is 0 Å². The fourth-order valence-electron chi connectivity index (χ4n) is 2.89. The van der Waals surface area contributed by atoms with Crippen LogP contribution in [-0.4, -0.2) is 32.6 Å². The molecule has 7 heteroatoms. The van der Waals surface area contributed by atoms with Gasteiger partial charge in [0.2, 0.25) is 5.91 Å². The Morgan fingerprint density at radius 2 is 1.82 bits per heavy atom. The average Bonchev–Trinajstić information content (AvgIpc) is 2.69. The molecule has 0 aromatic carbocycles. The molecule has 0 fully saturated rings. The molecule has 150 valence electrons. The number of nitrogens with two attached hydrogens (primary N) is 1. The number of carbonyl (C=O) groups is 2. The lowest BCUT2D eigenvalue weighted by Crippen LogP contribution is -2.63. The first-order valence-electron chi connectivity index (χ1n) is 9.64. The van der Waals surface area contributed by atoms with Gasteiger partial charge in [0.05, 0.1) is 11.4 Å². The van der Waals surface area contributed by atoms with Crippen molar-refractivity contribution in [2.75, 3.05) is 0 Å². The molecule has 0 spiro atoms. The van der Waals surface area contributed by atoms with E-state index in [-0.39, 0.29) is 18.7 Å². The Labute approximate surface area is 165 Å². The summed E-state index contributed by atoms with van der Waals surface area (Å²) in [6, 6.07) is 9.03. The molecule has 0 aliphatic heterocycles. The van der Waals surface area contributed by atoms with Gasteiger partial charge in [0, 0.05) is 25.2 Å². The molecule has 0 aliphatic rings. The molecule has 4 N–H and O–H groups in total. The van der Waals surface area contributed by atoms with Crippen molar-refractivity contribution >= 4 is 11.9 Å². The zero-order valence-electron chi connectivity index (χ0n) is 16.2. The maximum absolute atomic E-state index is 12.1. The number of rotatable bonds is 11. The highest BCUT2D eigenvalue weighted by atomic mass is 16.4. The Kier molecular flexibility index (Phi) is 8.07. The molecule has 2 heterocycles. The van der Waals surface area contributed by atoms with Crippen molar-refractivity contribution in [2.24, 2.45) is 5.73 Å². The summed E-state index contributed by atoms with van der Waals surface area (Å²) in [5, 5.41) is 12.0. The van der Waals surface area contributed by atoms with Gasteiger partial charge in [-0.15, -0.1) is 0 Å². The maximum atomic E-state index is 12.1. The summed E-state index contributed by atoms with van der Waals surface area (Å²) < 4.78 is 0. The number of hydrogen-bond donors (Lipinski definition) is 3. The SMILES string of the molecule is CCCCCCCC(=O)NC(N)(Cc1ccc(-c2ccccn2)nc1)C(=O)O. The summed E-state index contributed by atoms with van der Waals surface area (Å²) in [5.74, 6) is -1.62. The highest BCUT2D eigenvalue weighted by molar-refractivity contribution is 5.86. The number of aromatic nitrogens is 2. The van der Waals surface area contributed by atoms with Crippen LogP contribution >= 0.6 is 0 Å². The minimum Gasteiger partial charge on any atom is -0.478 e. The second-order valence-electron chi connectivity index (χ2n) is 6.93. The minimum absolute atomic E-state index is 0.0561. The van der Waals surface area contributed by atoms with Gasteiger partial charge in [-0.25, -0.2) is 4.79 Å². The maximum Gasteiger partial charge on any atom is 0.344 e. The summed E-state index contributed by atoms with van der Waals surface area (Å²) in [6.07, 6.45) is 8.47. The molecule has 0 saturated heterocycles. The monoisotopic (exact) mass is 384 g/mol. The number of pyridine rings is 2. The van der Waals surface area contributed by atoms with Crippen molar-refractivity contribution in [1.29, 1.82) is 0 Å². The van der Waals surface area contributed by atoms with E-state index in [2.05, 4.69) is 22.2 Å². The van der Waals surface area contributed by atoms with Gasteiger partial charge in [-0.1, -0.05) is 44.7 Å². The van der Waals surface area contributed by atoms with E-state index in [0.29, 0.717) is 11.3 Å². The lowest BCUT2D eigenvalue weighted by atomic mass is 10.0. The Bertz CT molecular complexity index is 765. The molecule has 0 aliphatic carbocycles. The average molecular weight is 384 g/mol. The molecule has 28 heavy (non-hydrogen) atoms. The van der Waals surface area contributed by atoms with Gasteiger partial charge in [-0.05, 0) is 30.2 Å². The van der Waals surface area contributed by atoms with E-state index in [1.54, 1.807) is 24.5 Å². The van der Waals surface area contributed by atoms with Gasteiger partial charge >= 0.3 is 5.97 Å². The fourth-order valence-corrected chi connectivity index (χ4v) is 2.89. The molecule has 1 amide bonds. The Hall–Kier alpha value is -2.80. The lowest BCUT2D eigenvalue weighted by molar-refractivity contribution is -0.147. The van der Waals surface area contributed by atoms with E-state index in [1.165, 1.54) is 0 Å². The van der Waals surface area contributed by atoms with Crippen LogP contribution in [0.4, 0.5) is 0 Å². The van der Waals surface area contributed by atoms with Crippen LogP contribution < -0.4 is 11.1 Å². The van der Waals surface area contributed by atoms with Crippen LogP contribution in [0.3, 0.4) is 0 Å². The molecule has 0 saturated carbocycles. The Morgan fingerprint density at radius 3 is 2.43 bits per heavy atom. The number of aliphatic carboxylic acids is 1. The van der Waals surface area contributed by atoms with E-state index in [1.807, 2.05) is 18.2 Å². The van der Waals surface area contributed by atoms with Crippen LogP contribution in [0.2, 0.25) is 0 Å². The summed E-state index contributed by atoms with van der Waals surface area (Å²) in [4.78, 5) is 32.4. The van der Waals surface area contributed by atoms with E-state index in [4.69, 9.17) is 5.73 Å². The first kappa shape index (κ1) is 21.5. The third-order valence-corrected chi connectivity index (χ3v) is 4.49. The summed E-state index contributed by atoms with van der Waals surface area (Å²) in [5.41, 5.74) is 6.16. The summed E-state index contributed by atoms with van der Waals surface area (Å²) >= 11 is 0. The standard InChI is InChI=1S/C21H28N4O3/c1-2-3-4-5-6-10-19(26)25-21(22,20(27)28)14-16-11-12-18(24-15-16)17-9-7-8-13-23-17/h7-9,11-13,15H,2-6,10,14,22H2,1H3,(H,25,26)(H,27,28). The predicted molar refractivity (Wildman–Crippen MR) is 107 cm³/mol. The fraction of sp³-hybridized carbons (Fsp3) is 0.429. The van der Waals surface area contributed by atoms with E-state index < -0.39 is 11.6 Å². The number of carboxylic acids is 1. The predicted octanol–water partition coefficient (Wildman–Crippen LogP) is 2.90. The first-order valence-corrected chi connectivity index (χ1v) is 9.64. The smallest absolute Gasteiger partial charge is 0.344 e. The number of carboxylic acid groups (broad SMARTS) is 1. The van der Waals surface area contributed by atoms with E-state index >= 15 is 0 Å². The number of nitrogens with zero attached hydrogens (tertiary/aromatic N) is 2. The quantitative estimate of drug-likeness (QED) is 0.405. The summed E-state index contributed by atoms with van der Waals surface area (Å²) in [6.45, 7) is 2.13. The van der Waals surface area contributed by atoms with Crippen LogP contribution in [0.15, 0.2) is 42.7 Å². The van der Waals surface area contributed by atoms with Gasteiger partial charge in [-0.2, -0.15) is 0 Å². The van der Waals surface area contributed by atoms with Crippen molar-refractivity contribution in [2.45, 2.75) is 57.5 Å². The van der Waals surface area contributed by atoms with Gasteiger partial charge in [0.1, 0.15) is 0 Å². The van der Waals surface area contributed by atoms with Crippen LogP contribution in [0, 0.1) is 0 Å². The van der Waals surface area contributed by atoms with Crippen molar-refractivity contribution in [3.8, 4) is 11.4 Å². The lowest BCUT2D eigenvalue weighted by Gasteiger charge is -2.26. The van der Waals surface area contributed by atoms with Gasteiger partial charge in [0.15, 0.2) is 5.66 Å². The van der Waals surface area contributed by atoms with Crippen LogP contribution in [0.5, 0.6) is 0 Å². The first-order chi connectivity index (χ1) is 13.4. The molecule has 2 rings (SSSR count). The van der Waals surface area contributed by atoms with Crippen LogP contribution in [0.1, 0.15) is 51.0 Å². The van der Waals surface area contributed by atoms with Gasteiger partial charge < -0.3 is 10.4 Å². The molecule has 2 aromatic heterocycles. The molecule has 7 nitrogen and oxygen atoms in total. The number of nitrogens with one attached hydrogen (secondary N) is 1. The van der Waals surface area contributed by atoms with Crippen LogP contribution in [-0.2, 0) is 16.0 Å². The van der Waals surface area contributed by atoms with Crippen molar-refractivity contribution < 1.29 is 14.7 Å². The molecule has 2 aromatic rings. The van der Waals surface area contributed by atoms with Gasteiger partial charge in [-0.3, -0.25) is 20.5 Å². The normalized spacial score (nSPS) is 12.9. The number of hydrogen-bond acceptors (Lipinski definition) is 5. The summed E-state index contributed by atoms with van der Waals surface area (Å²) in [7, 11) is 0. The number of unbranched alkanes of at least 4 members (excludes halogenated alkanes) is 4. The number of amides is 1. The van der Waals surface area contributed by atoms with Gasteiger partial charge in [0.25, 0.3) is 0 Å². The third kappa shape index (κ3) is 6.42. The second kappa shape index (κ2) is 10.5. The second-order valence-corrected chi connectivity index (χ2v) is 6.93. The molecule has 1 atom stereocenters. The Morgan fingerprint density at radius 1 is 1.07 bits per heavy atom. The zero-order valence-corrected chi connectivity index (χ0v) is 16.2. The molecular formula is C21H28N4O3. The van der Waals surface area contributed by atoms with Crippen molar-refractivity contribution in [1.82, 2.24) is 15.3 Å². The Balaban J connectivity index is 1.97. The van der Waals surface area contributed by atoms with E-state index in [0.717, 1.165) is 37.8 Å². The molecular weight excluding hydrogens is 356 g/mol. The largest absolute Gasteiger partial charge is 0.478 e.